The zero-order valence-electron chi connectivity index (χ0n) is 9.84. The van der Waals surface area contributed by atoms with Gasteiger partial charge in [0.2, 0.25) is 0 Å². The molecule has 1 rings (SSSR count). The molecular weight excluding hydrogens is 156 g/mol. The highest BCUT2D eigenvalue weighted by Crippen LogP contribution is 2.42. The van der Waals surface area contributed by atoms with Crippen LogP contribution in [0.2, 0.25) is 0 Å². The van der Waals surface area contributed by atoms with Gasteiger partial charge in [0.15, 0.2) is 0 Å². The summed E-state index contributed by atoms with van der Waals surface area (Å²) >= 11 is 0. The second kappa shape index (κ2) is 5.02. The van der Waals surface area contributed by atoms with Gasteiger partial charge < -0.3 is 0 Å². The smallest absolute Gasteiger partial charge is 0.0337 e. The van der Waals surface area contributed by atoms with E-state index in [0.29, 0.717) is 0 Å². The predicted molar refractivity (Wildman–Crippen MR) is 59.7 cm³/mol. The van der Waals surface area contributed by atoms with Gasteiger partial charge in [-0.15, -0.1) is 0 Å². The summed E-state index contributed by atoms with van der Waals surface area (Å²) in [6, 6.07) is 0. The summed E-state index contributed by atoms with van der Waals surface area (Å²) in [4.78, 5) is 0. The van der Waals surface area contributed by atoms with Crippen LogP contribution in [-0.4, -0.2) is 0 Å². The van der Waals surface area contributed by atoms with Crippen LogP contribution >= 0.6 is 0 Å². The maximum Gasteiger partial charge on any atom is -0.0337 e. The van der Waals surface area contributed by atoms with Crippen molar-refractivity contribution in [2.75, 3.05) is 0 Å². The molecule has 1 aliphatic rings. The van der Waals surface area contributed by atoms with Gasteiger partial charge in [0.05, 0.1) is 0 Å². The quantitative estimate of drug-likeness (QED) is 0.587. The van der Waals surface area contributed by atoms with E-state index in [1.54, 1.807) is 0 Å². The van der Waals surface area contributed by atoms with Crippen LogP contribution in [-0.2, 0) is 0 Å². The Bertz CT molecular complexity index is 133. The third-order valence-corrected chi connectivity index (χ3v) is 3.87. The van der Waals surface area contributed by atoms with Crippen LogP contribution in [0.25, 0.3) is 0 Å². The van der Waals surface area contributed by atoms with E-state index < -0.39 is 0 Å². The molecule has 1 fully saturated rings. The fourth-order valence-electron chi connectivity index (χ4n) is 3.14. The molecule has 0 nitrogen and oxygen atoms in total. The third-order valence-electron chi connectivity index (χ3n) is 3.87. The Hall–Kier alpha value is 0. The molecule has 78 valence electrons. The van der Waals surface area contributed by atoms with E-state index in [1.807, 2.05) is 0 Å². The van der Waals surface area contributed by atoms with Crippen LogP contribution in [0.15, 0.2) is 0 Å². The first-order chi connectivity index (χ1) is 6.16. The van der Waals surface area contributed by atoms with Gasteiger partial charge in [0, 0.05) is 0 Å². The molecule has 0 radical (unpaired) electrons. The average molecular weight is 182 g/mol. The molecule has 0 amide bonds. The highest BCUT2D eigenvalue weighted by Gasteiger charge is 2.32. The summed E-state index contributed by atoms with van der Waals surface area (Å²) in [5, 5.41) is 0. The number of hydrogen-bond donors (Lipinski definition) is 0. The summed E-state index contributed by atoms with van der Waals surface area (Å²) in [5.74, 6) is 3.93. The third kappa shape index (κ3) is 2.72. The summed E-state index contributed by atoms with van der Waals surface area (Å²) in [6.07, 6.45) is 7.30. The minimum absolute atomic E-state index is 0.895. The van der Waals surface area contributed by atoms with Gasteiger partial charge in [-0.1, -0.05) is 59.8 Å². The van der Waals surface area contributed by atoms with Gasteiger partial charge in [-0.05, 0) is 23.7 Å². The largest absolute Gasteiger partial charge is 0.0654 e. The Kier molecular flexibility index (Phi) is 4.28. The maximum atomic E-state index is 2.46. The van der Waals surface area contributed by atoms with E-state index in [9.17, 15) is 0 Å². The van der Waals surface area contributed by atoms with Crippen molar-refractivity contribution in [3.8, 4) is 0 Å². The molecule has 0 aromatic heterocycles. The lowest BCUT2D eigenvalue weighted by atomic mass is 9.66. The molecule has 13 heavy (non-hydrogen) atoms. The molecule has 1 saturated carbocycles. The molecule has 0 spiro atoms. The molecule has 0 saturated heterocycles. The standard InChI is InChI=1S/C13H26/c1-5-7-11(4)13(10(2)3)12-8-6-9-12/h10-13H,5-9H2,1-4H3. The second-order valence-corrected chi connectivity index (χ2v) is 5.28. The first-order valence-electron chi connectivity index (χ1n) is 6.16. The minimum Gasteiger partial charge on any atom is -0.0654 e. The Morgan fingerprint density at radius 1 is 1.15 bits per heavy atom. The van der Waals surface area contributed by atoms with Gasteiger partial charge in [-0.3, -0.25) is 0 Å². The fourth-order valence-corrected chi connectivity index (χ4v) is 3.14. The Balaban J connectivity index is 2.45. The molecule has 0 aromatic rings. The van der Waals surface area contributed by atoms with Gasteiger partial charge in [0.25, 0.3) is 0 Å². The summed E-state index contributed by atoms with van der Waals surface area (Å²) < 4.78 is 0. The minimum atomic E-state index is 0.895. The molecule has 2 unspecified atom stereocenters. The van der Waals surface area contributed by atoms with Crippen molar-refractivity contribution in [1.82, 2.24) is 0 Å². The molecule has 0 aromatic carbocycles. The van der Waals surface area contributed by atoms with Gasteiger partial charge >= 0.3 is 0 Å². The van der Waals surface area contributed by atoms with E-state index in [4.69, 9.17) is 0 Å². The normalized spacial score (nSPS) is 22.8. The lowest BCUT2D eigenvalue weighted by molar-refractivity contribution is 0.102. The van der Waals surface area contributed by atoms with E-state index in [-0.39, 0.29) is 0 Å². The van der Waals surface area contributed by atoms with Crippen molar-refractivity contribution in [3.05, 3.63) is 0 Å². The van der Waals surface area contributed by atoms with Crippen molar-refractivity contribution in [3.63, 3.8) is 0 Å². The van der Waals surface area contributed by atoms with Crippen molar-refractivity contribution >= 4 is 0 Å². The first kappa shape index (κ1) is 11.1. The van der Waals surface area contributed by atoms with Crippen molar-refractivity contribution in [1.29, 1.82) is 0 Å². The van der Waals surface area contributed by atoms with E-state index in [0.717, 1.165) is 23.7 Å². The lowest BCUT2D eigenvalue weighted by Crippen LogP contribution is -2.31. The molecule has 0 N–H and O–H groups in total. The second-order valence-electron chi connectivity index (χ2n) is 5.28. The van der Waals surface area contributed by atoms with E-state index in [2.05, 4.69) is 27.7 Å². The summed E-state index contributed by atoms with van der Waals surface area (Å²) in [5.41, 5.74) is 0. The molecular formula is C13H26. The molecule has 0 heterocycles. The Morgan fingerprint density at radius 2 is 1.77 bits per heavy atom. The van der Waals surface area contributed by atoms with Crippen molar-refractivity contribution in [2.24, 2.45) is 23.7 Å². The number of hydrogen-bond acceptors (Lipinski definition) is 0. The van der Waals surface area contributed by atoms with Crippen LogP contribution in [0, 0.1) is 23.7 Å². The highest BCUT2D eigenvalue weighted by molar-refractivity contribution is 4.82. The first-order valence-corrected chi connectivity index (χ1v) is 6.16. The van der Waals surface area contributed by atoms with Crippen molar-refractivity contribution < 1.29 is 0 Å². The Morgan fingerprint density at radius 3 is 2.08 bits per heavy atom. The van der Waals surface area contributed by atoms with Gasteiger partial charge in [-0.25, -0.2) is 0 Å². The predicted octanol–water partition coefficient (Wildman–Crippen LogP) is 4.49. The zero-order valence-corrected chi connectivity index (χ0v) is 9.84. The molecule has 0 aliphatic heterocycles. The van der Waals surface area contributed by atoms with Crippen LogP contribution < -0.4 is 0 Å². The molecule has 1 aliphatic carbocycles. The number of rotatable bonds is 5. The average Bonchev–Trinajstić information content (AvgIpc) is 1.95. The van der Waals surface area contributed by atoms with Crippen LogP contribution in [0.1, 0.15) is 59.8 Å². The van der Waals surface area contributed by atoms with E-state index >= 15 is 0 Å². The fraction of sp³-hybridized carbons (Fsp3) is 1.00. The lowest BCUT2D eigenvalue weighted by Gasteiger charge is -2.40. The maximum absolute atomic E-state index is 2.46. The monoisotopic (exact) mass is 182 g/mol. The zero-order chi connectivity index (χ0) is 9.84. The molecule has 0 bridgehead atoms. The van der Waals surface area contributed by atoms with Crippen LogP contribution in [0.3, 0.4) is 0 Å². The molecule has 2 atom stereocenters. The van der Waals surface area contributed by atoms with Crippen molar-refractivity contribution in [2.45, 2.75) is 59.8 Å². The molecule has 0 heteroatoms. The SMILES string of the molecule is CCCC(C)C(C(C)C)C1CCC1. The summed E-state index contributed by atoms with van der Waals surface area (Å²) in [7, 11) is 0. The van der Waals surface area contributed by atoms with Gasteiger partial charge in [0.1, 0.15) is 0 Å². The highest BCUT2D eigenvalue weighted by atomic mass is 14.4. The van der Waals surface area contributed by atoms with Gasteiger partial charge in [-0.2, -0.15) is 0 Å². The summed E-state index contributed by atoms with van der Waals surface area (Å²) in [6.45, 7) is 9.60. The van der Waals surface area contributed by atoms with E-state index in [1.165, 1.54) is 32.1 Å². The Labute approximate surface area is 84.1 Å². The van der Waals surface area contributed by atoms with Crippen LogP contribution in [0.5, 0.6) is 0 Å². The van der Waals surface area contributed by atoms with Crippen LogP contribution in [0.4, 0.5) is 0 Å². The topological polar surface area (TPSA) is 0 Å².